The van der Waals surface area contributed by atoms with Gasteiger partial charge in [0, 0.05) is 12.0 Å². The van der Waals surface area contributed by atoms with Gasteiger partial charge in [-0.1, -0.05) is 19.1 Å². The quantitative estimate of drug-likeness (QED) is 0.749. The fourth-order valence-electron chi connectivity index (χ4n) is 1.28. The molecule has 0 aromatic heterocycles. The standard InChI is InChI=1S/C12H14O4/c1-2-4-11(13)9-5-3-6-10(7-9)16-8-12(14)15/h3,5-7H,2,4,8H2,1H3,(H,14,15). The molecule has 1 aromatic carbocycles. The van der Waals surface area contributed by atoms with E-state index in [0.29, 0.717) is 17.7 Å². The van der Waals surface area contributed by atoms with Crippen LogP contribution in [-0.4, -0.2) is 23.5 Å². The Morgan fingerprint density at radius 1 is 1.38 bits per heavy atom. The zero-order valence-corrected chi connectivity index (χ0v) is 9.10. The first-order chi connectivity index (χ1) is 7.63. The van der Waals surface area contributed by atoms with E-state index in [1.807, 2.05) is 6.92 Å². The van der Waals surface area contributed by atoms with Crippen LogP contribution in [0.4, 0.5) is 0 Å². The molecule has 86 valence electrons. The summed E-state index contributed by atoms with van der Waals surface area (Å²) >= 11 is 0. The third-order valence-electron chi connectivity index (χ3n) is 2.00. The predicted molar refractivity (Wildman–Crippen MR) is 58.8 cm³/mol. The molecule has 4 nitrogen and oxygen atoms in total. The Morgan fingerprint density at radius 2 is 2.12 bits per heavy atom. The van der Waals surface area contributed by atoms with Gasteiger partial charge in [-0.15, -0.1) is 0 Å². The summed E-state index contributed by atoms with van der Waals surface area (Å²) < 4.78 is 4.98. The minimum absolute atomic E-state index is 0.0447. The largest absolute Gasteiger partial charge is 0.482 e. The number of carbonyl (C=O) groups excluding carboxylic acids is 1. The van der Waals surface area contributed by atoms with Gasteiger partial charge in [0.25, 0.3) is 0 Å². The zero-order valence-electron chi connectivity index (χ0n) is 9.10. The molecule has 0 radical (unpaired) electrons. The van der Waals surface area contributed by atoms with Gasteiger partial charge in [0.1, 0.15) is 5.75 Å². The summed E-state index contributed by atoms with van der Waals surface area (Å²) in [5, 5.41) is 8.45. The minimum Gasteiger partial charge on any atom is -0.482 e. The molecule has 1 aromatic rings. The van der Waals surface area contributed by atoms with E-state index in [-0.39, 0.29) is 5.78 Å². The van der Waals surface area contributed by atoms with Crippen molar-refractivity contribution in [1.82, 2.24) is 0 Å². The number of Topliss-reactive ketones (excluding diaryl/α,β-unsaturated/α-hetero) is 1. The number of ether oxygens (including phenoxy) is 1. The second-order valence-electron chi connectivity index (χ2n) is 3.38. The molecule has 0 aliphatic heterocycles. The predicted octanol–water partition coefficient (Wildman–Crippen LogP) is 2.13. The summed E-state index contributed by atoms with van der Waals surface area (Å²) in [5.74, 6) is -0.585. The van der Waals surface area contributed by atoms with Gasteiger partial charge in [0.15, 0.2) is 12.4 Å². The van der Waals surface area contributed by atoms with Crippen molar-refractivity contribution in [2.75, 3.05) is 6.61 Å². The van der Waals surface area contributed by atoms with Crippen molar-refractivity contribution in [2.24, 2.45) is 0 Å². The summed E-state index contributed by atoms with van der Waals surface area (Å²) in [6, 6.07) is 6.58. The summed E-state index contributed by atoms with van der Waals surface area (Å²) in [7, 11) is 0. The average Bonchev–Trinajstić information content (AvgIpc) is 2.27. The molecule has 0 heterocycles. The molecule has 0 amide bonds. The normalized spacial score (nSPS) is 9.81. The van der Waals surface area contributed by atoms with E-state index in [4.69, 9.17) is 9.84 Å². The molecule has 4 heteroatoms. The monoisotopic (exact) mass is 222 g/mol. The van der Waals surface area contributed by atoms with Crippen molar-refractivity contribution < 1.29 is 19.4 Å². The average molecular weight is 222 g/mol. The highest BCUT2D eigenvalue weighted by molar-refractivity contribution is 5.96. The van der Waals surface area contributed by atoms with Crippen LogP contribution in [0.2, 0.25) is 0 Å². The molecule has 0 saturated heterocycles. The van der Waals surface area contributed by atoms with Gasteiger partial charge >= 0.3 is 5.97 Å². The number of rotatable bonds is 6. The van der Waals surface area contributed by atoms with Crippen molar-refractivity contribution in [2.45, 2.75) is 19.8 Å². The van der Waals surface area contributed by atoms with Crippen LogP contribution in [0.25, 0.3) is 0 Å². The fraction of sp³-hybridized carbons (Fsp3) is 0.333. The molecule has 0 aliphatic carbocycles. The van der Waals surface area contributed by atoms with E-state index in [2.05, 4.69) is 0 Å². The third-order valence-corrected chi connectivity index (χ3v) is 2.00. The highest BCUT2D eigenvalue weighted by Crippen LogP contribution is 2.15. The Balaban J connectivity index is 2.70. The number of hydrogen-bond acceptors (Lipinski definition) is 3. The highest BCUT2D eigenvalue weighted by atomic mass is 16.5. The lowest BCUT2D eigenvalue weighted by molar-refractivity contribution is -0.139. The SMILES string of the molecule is CCCC(=O)c1cccc(OCC(=O)O)c1. The molecular formula is C12H14O4. The van der Waals surface area contributed by atoms with E-state index in [0.717, 1.165) is 6.42 Å². The Kier molecular flexibility index (Phi) is 4.51. The van der Waals surface area contributed by atoms with Gasteiger partial charge in [-0.05, 0) is 18.6 Å². The molecule has 1 N–H and O–H groups in total. The molecule has 0 fully saturated rings. The Labute approximate surface area is 93.9 Å². The van der Waals surface area contributed by atoms with Crippen LogP contribution in [0, 0.1) is 0 Å². The van der Waals surface area contributed by atoms with Gasteiger partial charge in [-0.2, -0.15) is 0 Å². The topological polar surface area (TPSA) is 63.6 Å². The van der Waals surface area contributed by atoms with Gasteiger partial charge < -0.3 is 9.84 Å². The van der Waals surface area contributed by atoms with Crippen molar-refractivity contribution in [3.8, 4) is 5.75 Å². The highest BCUT2D eigenvalue weighted by Gasteiger charge is 2.06. The maximum Gasteiger partial charge on any atom is 0.341 e. The maximum atomic E-state index is 11.6. The summed E-state index contributed by atoms with van der Waals surface area (Å²) in [5.41, 5.74) is 0.560. The van der Waals surface area contributed by atoms with Crippen LogP contribution in [0.5, 0.6) is 5.75 Å². The molecule has 1 rings (SSSR count). The first-order valence-corrected chi connectivity index (χ1v) is 5.11. The van der Waals surface area contributed by atoms with Crippen LogP contribution in [0.1, 0.15) is 30.1 Å². The summed E-state index contributed by atoms with van der Waals surface area (Å²) in [6.07, 6.45) is 1.28. The third kappa shape index (κ3) is 3.73. The van der Waals surface area contributed by atoms with Crippen LogP contribution < -0.4 is 4.74 Å². The van der Waals surface area contributed by atoms with Gasteiger partial charge in [0.2, 0.25) is 0 Å². The van der Waals surface area contributed by atoms with E-state index >= 15 is 0 Å². The minimum atomic E-state index is -1.04. The van der Waals surface area contributed by atoms with Gasteiger partial charge in [0.05, 0.1) is 0 Å². The number of carbonyl (C=O) groups is 2. The smallest absolute Gasteiger partial charge is 0.341 e. The fourth-order valence-corrected chi connectivity index (χ4v) is 1.28. The van der Waals surface area contributed by atoms with Crippen molar-refractivity contribution in [3.63, 3.8) is 0 Å². The van der Waals surface area contributed by atoms with Gasteiger partial charge in [-0.3, -0.25) is 4.79 Å². The maximum absolute atomic E-state index is 11.6. The molecule has 0 unspecified atom stereocenters. The number of ketones is 1. The van der Waals surface area contributed by atoms with Crippen LogP contribution in [-0.2, 0) is 4.79 Å². The van der Waals surface area contributed by atoms with Crippen LogP contribution >= 0.6 is 0 Å². The molecule has 0 atom stereocenters. The molecule has 0 aliphatic rings. The van der Waals surface area contributed by atoms with Crippen molar-refractivity contribution in [3.05, 3.63) is 29.8 Å². The first-order valence-electron chi connectivity index (χ1n) is 5.11. The lowest BCUT2D eigenvalue weighted by Crippen LogP contribution is -2.09. The number of hydrogen-bond donors (Lipinski definition) is 1. The van der Waals surface area contributed by atoms with Gasteiger partial charge in [-0.25, -0.2) is 4.79 Å². The molecule has 0 saturated carbocycles. The van der Waals surface area contributed by atoms with E-state index in [1.54, 1.807) is 24.3 Å². The van der Waals surface area contributed by atoms with E-state index < -0.39 is 12.6 Å². The molecular weight excluding hydrogens is 208 g/mol. The number of carboxylic acid groups (broad SMARTS) is 1. The Hall–Kier alpha value is -1.84. The zero-order chi connectivity index (χ0) is 12.0. The number of benzene rings is 1. The number of carboxylic acids is 1. The second-order valence-corrected chi connectivity index (χ2v) is 3.38. The summed E-state index contributed by atoms with van der Waals surface area (Å²) in [4.78, 5) is 21.9. The second kappa shape index (κ2) is 5.90. The van der Waals surface area contributed by atoms with E-state index in [9.17, 15) is 9.59 Å². The van der Waals surface area contributed by atoms with Crippen LogP contribution in [0.3, 0.4) is 0 Å². The first kappa shape index (κ1) is 12.2. The lowest BCUT2D eigenvalue weighted by Gasteiger charge is -2.05. The van der Waals surface area contributed by atoms with Crippen molar-refractivity contribution >= 4 is 11.8 Å². The number of aliphatic carboxylic acids is 1. The molecule has 0 spiro atoms. The van der Waals surface area contributed by atoms with Crippen LogP contribution in [0.15, 0.2) is 24.3 Å². The Morgan fingerprint density at radius 3 is 2.75 bits per heavy atom. The van der Waals surface area contributed by atoms with E-state index in [1.165, 1.54) is 0 Å². The summed E-state index contributed by atoms with van der Waals surface area (Å²) in [6.45, 7) is 1.54. The lowest BCUT2D eigenvalue weighted by atomic mass is 10.1. The molecule has 16 heavy (non-hydrogen) atoms. The van der Waals surface area contributed by atoms with Crippen molar-refractivity contribution in [1.29, 1.82) is 0 Å². The molecule has 0 bridgehead atoms. The Bertz CT molecular complexity index is 384.